The number of likely N-dealkylation sites (tertiary alicyclic amines) is 1. The highest BCUT2D eigenvalue weighted by Crippen LogP contribution is 2.40. The zero-order valence-electron chi connectivity index (χ0n) is 16.2. The molecule has 1 aromatic rings. The minimum Gasteiger partial charge on any atom is -0.461 e. The molecule has 1 saturated heterocycles. The van der Waals surface area contributed by atoms with Gasteiger partial charge in [-0.1, -0.05) is 12.8 Å². The molecule has 0 spiro atoms. The van der Waals surface area contributed by atoms with Gasteiger partial charge in [-0.25, -0.2) is 9.59 Å². The highest BCUT2D eigenvalue weighted by atomic mass is 16.6. The van der Waals surface area contributed by atoms with E-state index in [4.69, 9.17) is 9.47 Å². The van der Waals surface area contributed by atoms with Crippen molar-refractivity contribution in [2.45, 2.75) is 70.7 Å². The molecular formula is C20H26N2O6. The third-order valence-electron chi connectivity index (χ3n) is 5.43. The number of hydrogen-bond donors (Lipinski definition) is 0. The van der Waals surface area contributed by atoms with Gasteiger partial charge >= 0.3 is 12.1 Å². The molecule has 1 aliphatic carbocycles. The number of amides is 1. The Morgan fingerprint density at radius 3 is 2.54 bits per heavy atom. The molecule has 1 aromatic carbocycles. The molecule has 3 rings (SSSR count). The van der Waals surface area contributed by atoms with Gasteiger partial charge in [0.2, 0.25) is 0 Å². The van der Waals surface area contributed by atoms with Gasteiger partial charge in [0.1, 0.15) is 12.6 Å². The van der Waals surface area contributed by atoms with Crippen LogP contribution >= 0.6 is 0 Å². The molecule has 0 radical (unpaired) electrons. The van der Waals surface area contributed by atoms with Crippen LogP contribution in [-0.4, -0.2) is 40.1 Å². The van der Waals surface area contributed by atoms with Crippen molar-refractivity contribution in [1.29, 1.82) is 0 Å². The van der Waals surface area contributed by atoms with E-state index in [1.54, 1.807) is 30.9 Å². The number of hydrogen-bond acceptors (Lipinski definition) is 6. The molecule has 1 amide bonds. The Bertz CT molecular complexity index is 733. The molecule has 1 saturated carbocycles. The van der Waals surface area contributed by atoms with Crippen LogP contribution < -0.4 is 0 Å². The Morgan fingerprint density at radius 1 is 1.21 bits per heavy atom. The minimum atomic E-state index is -0.611. The van der Waals surface area contributed by atoms with Crippen molar-refractivity contribution < 1.29 is 24.0 Å². The van der Waals surface area contributed by atoms with Gasteiger partial charge in [-0.2, -0.15) is 0 Å². The van der Waals surface area contributed by atoms with E-state index in [-0.39, 0.29) is 30.4 Å². The summed E-state index contributed by atoms with van der Waals surface area (Å²) < 4.78 is 10.8. The molecule has 0 bridgehead atoms. The van der Waals surface area contributed by atoms with E-state index in [2.05, 4.69) is 0 Å². The zero-order valence-corrected chi connectivity index (χ0v) is 16.2. The number of fused-ring (bicyclic) bond motifs is 1. The van der Waals surface area contributed by atoms with Crippen LogP contribution in [0.25, 0.3) is 0 Å². The average Bonchev–Trinajstić information content (AvgIpc) is 3.05. The monoisotopic (exact) mass is 390 g/mol. The first-order valence-corrected chi connectivity index (χ1v) is 9.75. The van der Waals surface area contributed by atoms with Gasteiger partial charge in [-0.15, -0.1) is 0 Å². The molecule has 0 aromatic heterocycles. The number of non-ortho nitro benzene ring substituents is 1. The summed E-state index contributed by atoms with van der Waals surface area (Å²) in [5.74, 6) is -0.0814. The van der Waals surface area contributed by atoms with Crippen molar-refractivity contribution >= 4 is 17.7 Å². The van der Waals surface area contributed by atoms with Gasteiger partial charge in [-0.3, -0.25) is 15.0 Å². The Labute approximate surface area is 163 Å². The second-order valence-electron chi connectivity index (χ2n) is 7.73. The summed E-state index contributed by atoms with van der Waals surface area (Å²) in [6.45, 7) is 3.57. The maximum absolute atomic E-state index is 12.8. The summed E-state index contributed by atoms with van der Waals surface area (Å²) in [6, 6.07) is 5.26. The number of nitro groups is 1. The number of carbonyl (C=O) groups excluding carboxylic acids is 2. The SMILES string of the molecule is CC(C)OC(=O)C1CC2CCCCC2N1C(=O)OCc1ccc([N+](=O)[O-])cc1. The first kappa shape index (κ1) is 20.1. The molecule has 3 atom stereocenters. The lowest BCUT2D eigenvalue weighted by molar-refractivity contribution is -0.384. The summed E-state index contributed by atoms with van der Waals surface area (Å²) in [4.78, 5) is 37.2. The predicted molar refractivity (Wildman–Crippen MR) is 100 cm³/mol. The molecule has 2 fully saturated rings. The Morgan fingerprint density at radius 2 is 1.89 bits per heavy atom. The van der Waals surface area contributed by atoms with Crippen molar-refractivity contribution in [3.63, 3.8) is 0 Å². The van der Waals surface area contributed by atoms with Crippen LogP contribution in [0.2, 0.25) is 0 Å². The number of benzene rings is 1. The van der Waals surface area contributed by atoms with Crippen LogP contribution in [0, 0.1) is 16.0 Å². The summed E-state index contributed by atoms with van der Waals surface area (Å²) in [5, 5.41) is 10.7. The van der Waals surface area contributed by atoms with Gasteiger partial charge < -0.3 is 9.47 Å². The third-order valence-corrected chi connectivity index (χ3v) is 5.43. The van der Waals surface area contributed by atoms with Gasteiger partial charge in [-0.05, 0) is 56.7 Å². The molecule has 3 unspecified atom stereocenters. The molecule has 1 heterocycles. The fraction of sp³-hybridized carbons (Fsp3) is 0.600. The molecule has 152 valence electrons. The second kappa shape index (κ2) is 8.58. The lowest BCUT2D eigenvalue weighted by atomic mass is 9.85. The van der Waals surface area contributed by atoms with Gasteiger partial charge in [0.25, 0.3) is 5.69 Å². The zero-order chi connectivity index (χ0) is 20.3. The lowest BCUT2D eigenvalue weighted by Crippen LogP contribution is -2.47. The van der Waals surface area contributed by atoms with Crippen LogP contribution in [-0.2, 0) is 20.9 Å². The van der Waals surface area contributed by atoms with E-state index in [0.29, 0.717) is 17.9 Å². The molecule has 8 heteroatoms. The van der Waals surface area contributed by atoms with Gasteiger partial charge in [0.15, 0.2) is 0 Å². The number of nitro benzene ring substituents is 1. The Balaban J connectivity index is 1.68. The highest BCUT2D eigenvalue weighted by molar-refractivity contribution is 5.82. The Hall–Kier alpha value is -2.64. The fourth-order valence-corrected chi connectivity index (χ4v) is 4.18. The summed E-state index contributed by atoms with van der Waals surface area (Å²) >= 11 is 0. The summed E-state index contributed by atoms with van der Waals surface area (Å²) in [5.41, 5.74) is 0.635. The predicted octanol–water partition coefficient (Wildman–Crippen LogP) is 3.82. The van der Waals surface area contributed by atoms with Crippen LogP contribution in [0.3, 0.4) is 0 Å². The molecule has 0 N–H and O–H groups in total. The van der Waals surface area contributed by atoms with Crippen LogP contribution in [0.1, 0.15) is 51.5 Å². The lowest BCUT2D eigenvalue weighted by Gasteiger charge is -2.32. The van der Waals surface area contributed by atoms with Crippen LogP contribution in [0.5, 0.6) is 0 Å². The largest absolute Gasteiger partial charge is 0.461 e. The maximum Gasteiger partial charge on any atom is 0.411 e. The molecule has 8 nitrogen and oxygen atoms in total. The van der Waals surface area contributed by atoms with Crippen molar-refractivity contribution in [2.24, 2.45) is 5.92 Å². The van der Waals surface area contributed by atoms with E-state index >= 15 is 0 Å². The topological polar surface area (TPSA) is 99.0 Å². The standard InChI is InChI=1S/C20H26N2O6/c1-13(2)28-19(23)18-11-15-5-3-4-6-17(15)21(18)20(24)27-12-14-7-9-16(10-8-14)22(25)26/h7-10,13,15,17-18H,3-6,11-12H2,1-2H3. The number of carbonyl (C=O) groups is 2. The van der Waals surface area contributed by atoms with Crippen molar-refractivity contribution in [3.05, 3.63) is 39.9 Å². The quantitative estimate of drug-likeness (QED) is 0.431. The normalized spacial score (nSPS) is 24.0. The second-order valence-corrected chi connectivity index (χ2v) is 7.73. The highest BCUT2D eigenvalue weighted by Gasteiger charge is 2.49. The molecular weight excluding hydrogens is 364 g/mol. The number of ether oxygens (including phenoxy) is 2. The summed E-state index contributed by atoms with van der Waals surface area (Å²) in [7, 11) is 0. The van der Waals surface area contributed by atoms with Crippen molar-refractivity contribution in [1.82, 2.24) is 4.90 Å². The van der Waals surface area contributed by atoms with E-state index < -0.39 is 17.1 Å². The van der Waals surface area contributed by atoms with E-state index in [0.717, 1.165) is 25.7 Å². The van der Waals surface area contributed by atoms with E-state index in [9.17, 15) is 19.7 Å². The average molecular weight is 390 g/mol. The first-order chi connectivity index (χ1) is 13.4. The van der Waals surface area contributed by atoms with E-state index in [1.165, 1.54) is 12.1 Å². The minimum absolute atomic E-state index is 0.00261. The number of esters is 1. The van der Waals surface area contributed by atoms with Gasteiger partial charge in [0, 0.05) is 18.2 Å². The molecule has 28 heavy (non-hydrogen) atoms. The third kappa shape index (κ3) is 4.43. The fourth-order valence-electron chi connectivity index (χ4n) is 4.18. The van der Waals surface area contributed by atoms with Crippen molar-refractivity contribution in [2.75, 3.05) is 0 Å². The summed E-state index contributed by atoms with van der Waals surface area (Å²) in [6.07, 6.45) is 3.85. The maximum atomic E-state index is 12.8. The molecule has 2 aliphatic rings. The number of rotatable bonds is 5. The van der Waals surface area contributed by atoms with E-state index in [1.807, 2.05) is 0 Å². The smallest absolute Gasteiger partial charge is 0.411 e. The van der Waals surface area contributed by atoms with Gasteiger partial charge in [0.05, 0.1) is 11.0 Å². The Kier molecular flexibility index (Phi) is 6.16. The van der Waals surface area contributed by atoms with Crippen LogP contribution in [0.15, 0.2) is 24.3 Å². The van der Waals surface area contributed by atoms with Crippen molar-refractivity contribution in [3.8, 4) is 0 Å². The number of nitrogens with zero attached hydrogens (tertiary/aromatic N) is 2. The first-order valence-electron chi connectivity index (χ1n) is 9.75. The van der Waals surface area contributed by atoms with Crippen LogP contribution in [0.4, 0.5) is 10.5 Å². The molecule has 1 aliphatic heterocycles.